The van der Waals surface area contributed by atoms with Crippen molar-refractivity contribution >= 4 is 5.97 Å². The monoisotopic (exact) mass is 290 g/mol. The Morgan fingerprint density at radius 2 is 1.90 bits per heavy atom. The van der Waals surface area contributed by atoms with E-state index in [9.17, 15) is 4.79 Å². The molecule has 0 bridgehead atoms. The number of hydrogen-bond donors (Lipinski definition) is 1. The van der Waals surface area contributed by atoms with Gasteiger partial charge in [-0.1, -0.05) is 6.92 Å². The van der Waals surface area contributed by atoms with E-state index in [0.717, 1.165) is 5.56 Å². The van der Waals surface area contributed by atoms with Crippen molar-refractivity contribution in [3.05, 3.63) is 36.1 Å². The quantitative estimate of drug-likeness (QED) is 0.881. The zero-order valence-corrected chi connectivity index (χ0v) is 12.3. The van der Waals surface area contributed by atoms with Crippen molar-refractivity contribution in [1.29, 1.82) is 0 Å². The van der Waals surface area contributed by atoms with Crippen molar-refractivity contribution in [2.75, 3.05) is 14.2 Å². The molecule has 1 heterocycles. The molecule has 0 amide bonds. The first-order valence-corrected chi connectivity index (χ1v) is 6.59. The van der Waals surface area contributed by atoms with Crippen LogP contribution < -0.4 is 9.47 Å². The zero-order chi connectivity index (χ0) is 15.4. The Morgan fingerprint density at radius 1 is 1.19 bits per heavy atom. The van der Waals surface area contributed by atoms with Gasteiger partial charge in [-0.15, -0.1) is 0 Å². The molecule has 2 rings (SSSR count). The van der Waals surface area contributed by atoms with Gasteiger partial charge in [-0.2, -0.15) is 0 Å². The molecule has 112 valence electrons. The second-order valence-electron chi connectivity index (χ2n) is 4.77. The summed E-state index contributed by atoms with van der Waals surface area (Å²) in [5.41, 5.74) is 0.849. The molecule has 5 heteroatoms. The van der Waals surface area contributed by atoms with E-state index < -0.39 is 5.97 Å². The van der Waals surface area contributed by atoms with Crippen LogP contribution in [0.15, 0.2) is 34.7 Å². The highest BCUT2D eigenvalue weighted by atomic mass is 16.5. The third-order valence-corrected chi connectivity index (χ3v) is 3.26. The van der Waals surface area contributed by atoms with Gasteiger partial charge in [0, 0.05) is 11.5 Å². The lowest BCUT2D eigenvalue weighted by molar-refractivity contribution is -0.137. The molecule has 1 aromatic carbocycles. The summed E-state index contributed by atoms with van der Waals surface area (Å²) in [5, 5.41) is 8.82. The standard InChI is InChI=1S/C16H18O5/c1-10(8-16(17)18)12-6-7-13(21-12)11-4-5-14(19-2)15(9-11)20-3/h4-7,9-10H,8H2,1-3H3,(H,17,18). The number of carboxylic acids is 1. The Hall–Kier alpha value is -2.43. The summed E-state index contributed by atoms with van der Waals surface area (Å²) in [7, 11) is 3.15. The molecule has 1 N–H and O–H groups in total. The Morgan fingerprint density at radius 3 is 2.52 bits per heavy atom. The van der Waals surface area contributed by atoms with Crippen LogP contribution in [-0.2, 0) is 4.79 Å². The number of ether oxygens (including phenoxy) is 2. The lowest BCUT2D eigenvalue weighted by Crippen LogP contribution is -2.01. The van der Waals surface area contributed by atoms with Crippen molar-refractivity contribution in [2.45, 2.75) is 19.3 Å². The summed E-state index contributed by atoms with van der Waals surface area (Å²) in [6, 6.07) is 9.13. The fourth-order valence-corrected chi connectivity index (χ4v) is 2.12. The highest BCUT2D eigenvalue weighted by Crippen LogP contribution is 2.34. The summed E-state index contributed by atoms with van der Waals surface area (Å²) in [6.07, 6.45) is 0.0406. The third-order valence-electron chi connectivity index (χ3n) is 3.26. The molecular formula is C16H18O5. The van der Waals surface area contributed by atoms with Gasteiger partial charge in [0.05, 0.1) is 20.6 Å². The normalized spacial score (nSPS) is 12.0. The molecule has 1 aromatic heterocycles. The van der Waals surface area contributed by atoms with E-state index in [1.807, 2.05) is 25.1 Å². The minimum atomic E-state index is -0.841. The SMILES string of the molecule is COc1ccc(-c2ccc(C(C)CC(=O)O)o2)cc1OC. The van der Waals surface area contributed by atoms with E-state index in [4.69, 9.17) is 19.0 Å². The van der Waals surface area contributed by atoms with E-state index in [1.54, 1.807) is 26.4 Å². The van der Waals surface area contributed by atoms with Crippen LogP contribution in [-0.4, -0.2) is 25.3 Å². The number of rotatable bonds is 6. The molecule has 1 unspecified atom stereocenters. The number of benzene rings is 1. The van der Waals surface area contributed by atoms with Crippen LogP contribution >= 0.6 is 0 Å². The Bertz CT molecular complexity index is 629. The molecule has 0 spiro atoms. The van der Waals surface area contributed by atoms with Gasteiger partial charge >= 0.3 is 5.97 Å². The van der Waals surface area contributed by atoms with Crippen LogP contribution in [0.25, 0.3) is 11.3 Å². The van der Waals surface area contributed by atoms with Gasteiger partial charge < -0.3 is 19.0 Å². The van der Waals surface area contributed by atoms with Gasteiger partial charge in [0.2, 0.25) is 0 Å². The third kappa shape index (κ3) is 3.37. The minimum absolute atomic E-state index is 0.0406. The van der Waals surface area contributed by atoms with Gasteiger partial charge in [0.15, 0.2) is 11.5 Å². The molecule has 2 aromatic rings. The number of carbonyl (C=O) groups is 1. The van der Waals surface area contributed by atoms with Crippen molar-refractivity contribution in [2.24, 2.45) is 0 Å². The maximum Gasteiger partial charge on any atom is 0.304 e. The maximum absolute atomic E-state index is 10.7. The summed E-state index contributed by atoms with van der Waals surface area (Å²) in [6.45, 7) is 1.82. The largest absolute Gasteiger partial charge is 0.493 e. The van der Waals surface area contributed by atoms with E-state index in [-0.39, 0.29) is 12.3 Å². The molecule has 0 aliphatic heterocycles. The summed E-state index contributed by atoms with van der Waals surface area (Å²) >= 11 is 0. The fourth-order valence-electron chi connectivity index (χ4n) is 2.12. The Balaban J connectivity index is 2.27. The van der Waals surface area contributed by atoms with Crippen molar-refractivity contribution < 1.29 is 23.8 Å². The van der Waals surface area contributed by atoms with Gasteiger partial charge in [0.25, 0.3) is 0 Å². The van der Waals surface area contributed by atoms with Crippen LogP contribution in [0.4, 0.5) is 0 Å². The molecule has 0 fully saturated rings. The second-order valence-corrected chi connectivity index (χ2v) is 4.77. The molecule has 5 nitrogen and oxygen atoms in total. The number of carboxylic acid groups (broad SMARTS) is 1. The van der Waals surface area contributed by atoms with E-state index in [2.05, 4.69) is 0 Å². The number of methoxy groups -OCH3 is 2. The van der Waals surface area contributed by atoms with Crippen molar-refractivity contribution in [1.82, 2.24) is 0 Å². The first-order chi connectivity index (χ1) is 10.0. The first-order valence-electron chi connectivity index (χ1n) is 6.59. The van der Waals surface area contributed by atoms with Gasteiger partial charge in [-0.3, -0.25) is 4.79 Å². The zero-order valence-electron chi connectivity index (χ0n) is 12.3. The first kappa shape index (κ1) is 15.0. The van der Waals surface area contributed by atoms with E-state index in [0.29, 0.717) is 23.0 Å². The lowest BCUT2D eigenvalue weighted by atomic mass is 10.1. The summed E-state index contributed by atoms with van der Waals surface area (Å²) < 4.78 is 16.2. The molecule has 0 aliphatic carbocycles. The molecule has 0 radical (unpaired) electrons. The highest BCUT2D eigenvalue weighted by Gasteiger charge is 2.15. The molecule has 0 aliphatic rings. The number of hydrogen-bond acceptors (Lipinski definition) is 4. The average Bonchev–Trinajstić information content (AvgIpc) is 2.95. The lowest BCUT2D eigenvalue weighted by Gasteiger charge is -2.08. The highest BCUT2D eigenvalue weighted by molar-refractivity contribution is 5.68. The number of aliphatic carboxylic acids is 1. The van der Waals surface area contributed by atoms with Crippen LogP contribution in [0.1, 0.15) is 25.0 Å². The van der Waals surface area contributed by atoms with Gasteiger partial charge in [-0.05, 0) is 30.3 Å². The molecular weight excluding hydrogens is 272 g/mol. The van der Waals surface area contributed by atoms with Crippen molar-refractivity contribution in [3.8, 4) is 22.8 Å². The summed E-state index contributed by atoms with van der Waals surface area (Å²) in [5.74, 6) is 1.58. The minimum Gasteiger partial charge on any atom is -0.493 e. The fraction of sp³-hybridized carbons (Fsp3) is 0.312. The smallest absolute Gasteiger partial charge is 0.304 e. The van der Waals surface area contributed by atoms with E-state index >= 15 is 0 Å². The number of furan rings is 1. The molecule has 0 saturated carbocycles. The van der Waals surface area contributed by atoms with Crippen LogP contribution in [0.5, 0.6) is 11.5 Å². The van der Waals surface area contributed by atoms with Crippen molar-refractivity contribution in [3.63, 3.8) is 0 Å². The molecule has 0 saturated heterocycles. The van der Waals surface area contributed by atoms with Crippen LogP contribution in [0, 0.1) is 0 Å². The van der Waals surface area contributed by atoms with Gasteiger partial charge in [-0.25, -0.2) is 0 Å². The van der Waals surface area contributed by atoms with Gasteiger partial charge in [0.1, 0.15) is 11.5 Å². The molecule has 21 heavy (non-hydrogen) atoms. The van der Waals surface area contributed by atoms with E-state index in [1.165, 1.54) is 0 Å². The van der Waals surface area contributed by atoms with Crippen LogP contribution in [0.3, 0.4) is 0 Å². The topological polar surface area (TPSA) is 68.9 Å². The predicted octanol–water partition coefficient (Wildman–Crippen LogP) is 3.54. The average molecular weight is 290 g/mol. The predicted molar refractivity (Wildman–Crippen MR) is 77.9 cm³/mol. The Labute approximate surface area is 123 Å². The second kappa shape index (κ2) is 6.35. The maximum atomic E-state index is 10.7. The Kier molecular flexibility index (Phi) is 4.52. The summed E-state index contributed by atoms with van der Waals surface area (Å²) in [4.78, 5) is 10.7. The molecule has 1 atom stereocenters. The van der Waals surface area contributed by atoms with Crippen LogP contribution in [0.2, 0.25) is 0 Å².